The third-order valence-electron chi connectivity index (χ3n) is 1.03. The molecule has 0 aromatic rings. The summed E-state index contributed by atoms with van der Waals surface area (Å²) in [6.45, 7) is 1.17. The minimum Gasteiger partial charge on any atom is -0.388 e. The van der Waals surface area contributed by atoms with Crippen LogP contribution in [0.3, 0.4) is 0 Å². The summed E-state index contributed by atoms with van der Waals surface area (Å²) in [5.41, 5.74) is -0.488. The van der Waals surface area contributed by atoms with Gasteiger partial charge in [-0.25, -0.2) is 0 Å². The van der Waals surface area contributed by atoms with E-state index in [-0.39, 0.29) is 0 Å². The summed E-state index contributed by atoms with van der Waals surface area (Å²) in [5.74, 6) is -1.05. The van der Waals surface area contributed by atoms with Gasteiger partial charge in [0.2, 0.25) is 11.7 Å². The van der Waals surface area contributed by atoms with Gasteiger partial charge in [-0.05, 0) is 0 Å². The molecule has 0 aromatic heterocycles. The van der Waals surface area contributed by atoms with Gasteiger partial charge in [-0.2, -0.15) is 0 Å². The molecule has 0 aliphatic heterocycles. The quantitative estimate of drug-likeness (QED) is 0.237. The molecule has 0 spiro atoms. The van der Waals surface area contributed by atoms with Gasteiger partial charge >= 0.3 is 5.70 Å². The van der Waals surface area contributed by atoms with Crippen molar-refractivity contribution in [2.75, 3.05) is 7.05 Å². The molecule has 0 aromatic carbocycles. The van der Waals surface area contributed by atoms with Gasteiger partial charge in [-0.15, -0.1) is 0 Å². The first kappa shape index (κ1) is 11.1. The highest BCUT2D eigenvalue weighted by molar-refractivity contribution is 6.03. The van der Waals surface area contributed by atoms with E-state index in [4.69, 9.17) is 5.41 Å². The van der Waals surface area contributed by atoms with Crippen molar-refractivity contribution < 1.29 is 9.72 Å². The topological polar surface area (TPSA) is 108 Å². The van der Waals surface area contributed by atoms with Crippen molar-refractivity contribution in [1.29, 1.82) is 5.41 Å². The summed E-state index contributed by atoms with van der Waals surface area (Å²) in [4.78, 5) is 20.0. The number of hydrogen-bond donors (Lipinski definition) is 3. The monoisotopic (exact) mass is 186 g/mol. The Balaban J connectivity index is 4.57. The average Bonchev–Trinajstić information content (AvgIpc) is 1.97. The molecule has 1 amide bonds. The van der Waals surface area contributed by atoms with Crippen LogP contribution in [0.25, 0.3) is 0 Å². The molecule has 13 heavy (non-hydrogen) atoms. The van der Waals surface area contributed by atoms with Crippen molar-refractivity contribution in [2.24, 2.45) is 0 Å². The predicted molar refractivity (Wildman–Crippen MR) is 45.7 cm³/mol. The molecule has 0 unspecified atom stereocenters. The van der Waals surface area contributed by atoms with Crippen molar-refractivity contribution in [3.05, 3.63) is 22.0 Å². The number of carbonyl (C=O) groups is 1. The Hall–Kier alpha value is -1.92. The highest BCUT2D eigenvalue weighted by Crippen LogP contribution is 1.93. The second-order valence-electron chi connectivity index (χ2n) is 2.13. The second kappa shape index (κ2) is 4.86. The van der Waals surface area contributed by atoms with E-state index in [0.717, 1.165) is 6.20 Å². The van der Waals surface area contributed by atoms with Crippen LogP contribution in [-0.4, -0.2) is 23.7 Å². The molecule has 7 heteroatoms. The summed E-state index contributed by atoms with van der Waals surface area (Å²) >= 11 is 0. The van der Waals surface area contributed by atoms with E-state index in [1.54, 1.807) is 0 Å². The number of carbonyl (C=O) groups excluding carboxylic acids is 1. The van der Waals surface area contributed by atoms with Crippen LogP contribution in [0.5, 0.6) is 0 Å². The van der Waals surface area contributed by atoms with Crippen LogP contribution in [0.1, 0.15) is 6.92 Å². The molecule has 0 aliphatic carbocycles. The van der Waals surface area contributed by atoms with Gasteiger partial charge in [0, 0.05) is 14.0 Å². The predicted octanol–water partition coefficient (Wildman–Crippen LogP) is -0.563. The van der Waals surface area contributed by atoms with Gasteiger partial charge in [-0.3, -0.25) is 20.3 Å². The molecule has 3 N–H and O–H groups in total. The molecule has 0 fully saturated rings. The zero-order chi connectivity index (χ0) is 10.4. The number of hydrogen-bond acceptors (Lipinski definition) is 5. The molecule has 72 valence electrons. The lowest BCUT2D eigenvalue weighted by Gasteiger charge is -2.00. The lowest BCUT2D eigenvalue weighted by Crippen LogP contribution is -2.32. The third kappa shape index (κ3) is 3.85. The second-order valence-corrected chi connectivity index (χ2v) is 2.13. The fourth-order valence-corrected chi connectivity index (χ4v) is 0.593. The van der Waals surface area contributed by atoms with Crippen molar-refractivity contribution in [1.82, 2.24) is 10.6 Å². The van der Waals surface area contributed by atoms with Crippen molar-refractivity contribution in [3.8, 4) is 0 Å². The van der Waals surface area contributed by atoms with Crippen LogP contribution >= 0.6 is 0 Å². The normalized spacial score (nSPS) is 10.5. The molecule has 0 aliphatic rings. The standard InChI is InChI=1S/C6H10N4O3/c1-4(11)9-6(7)5(3-8-2)10(12)13/h3,8H,1-2H3,(H2,7,9,11)/b5-3+. The van der Waals surface area contributed by atoms with E-state index >= 15 is 0 Å². The van der Waals surface area contributed by atoms with Gasteiger partial charge in [0.25, 0.3) is 0 Å². The average molecular weight is 186 g/mol. The lowest BCUT2D eigenvalue weighted by atomic mass is 10.4. The molecule has 0 atom stereocenters. The molecular weight excluding hydrogens is 176 g/mol. The van der Waals surface area contributed by atoms with E-state index in [1.165, 1.54) is 14.0 Å². The SMILES string of the molecule is CN/C=C(\C(=N)NC(C)=O)[N+](=O)[O-]. The first-order chi connectivity index (χ1) is 5.99. The number of amidine groups is 1. The number of nitrogens with zero attached hydrogens (tertiary/aromatic N) is 1. The lowest BCUT2D eigenvalue weighted by molar-refractivity contribution is -0.415. The minimum absolute atomic E-state index is 0.488. The fraction of sp³-hybridized carbons (Fsp3) is 0.333. The molecular formula is C6H10N4O3. The maximum absolute atomic E-state index is 10.5. The van der Waals surface area contributed by atoms with Crippen molar-refractivity contribution in [3.63, 3.8) is 0 Å². The first-order valence-corrected chi connectivity index (χ1v) is 3.37. The number of rotatable bonds is 3. The molecule has 0 rings (SSSR count). The van der Waals surface area contributed by atoms with E-state index in [2.05, 4.69) is 5.32 Å². The Morgan fingerprint density at radius 2 is 2.15 bits per heavy atom. The van der Waals surface area contributed by atoms with Gasteiger partial charge in [0.15, 0.2) is 0 Å². The van der Waals surface area contributed by atoms with Crippen LogP contribution in [0.15, 0.2) is 11.9 Å². The zero-order valence-electron chi connectivity index (χ0n) is 7.25. The maximum Gasteiger partial charge on any atom is 0.326 e. The Kier molecular flexibility index (Phi) is 4.14. The minimum atomic E-state index is -0.755. The zero-order valence-corrected chi connectivity index (χ0v) is 7.25. The first-order valence-electron chi connectivity index (χ1n) is 3.37. The molecule has 0 bridgehead atoms. The molecule has 7 nitrogen and oxygen atoms in total. The third-order valence-corrected chi connectivity index (χ3v) is 1.03. The highest BCUT2D eigenvalue weighted by atomic mass is 16.6. The Labute approximate surface area is 74.5 Å². The van der Waals surface area contributed by atoms with Crippen molar-refractivity contribution >= 4 is 11.7 Å². The number of nitrogens with one attached hydrogen (secondary N) is 3. The van der Waals surface area contributed by atoms with Crippen LogP contribution < -0.4 is 10.6 Å². The van der Waals surface area contributed by atoms with Gasteiger partial charge in [0.05, 0.1) is 11.1 Å². The molecule has 0 radical (unpaired) electrons. The van der Waals surface area contributed by atoms with Gasteiger partial charge in [-0.1, -0.05) is 0 Å². The number of amides is 1. The van der Waals surface area contributed by atoms with Crippen molar-refractivity contribution in [2.45, 2.75) is 6.92 Å². The van der Waals surface area contributed by atoms with Crippen LogP contribution in [0, 0.1) is 15.5 Å². The summed E-state index contributed by atoms with van der Waals surface area (Å²) in [5, 5.41) is 21.9. The van der Waals surface area contributed by atoms with E-state index in [1.807, 2.05) is 5.32 Å². The summed E-state index contributed by atoms with van der Waals surface area (Å²) in [6.07, 6.45) is 1.03. The van der Waals surface area contributed by atoms with Crippen LogP contribution in [0.4, 0.5) is 0 Å². The maximum atomic E-state index is 10.5. The van der Waals surface area contributed by atoms with Gasteiger partial charge in [0.1, 0.15) is 0 Å². The molecule has 0 saturated heterocycles. The highest BCUT2D eigenvalue weighted by Gasteiger charge is 2.17. The Bertz CT molecular complexity index is 271. The van der Waals surface area contributed by atoms with Crippen LogP contribution in [-0.2, 0) is 4.79 Å². The molecule has 0 heterocycles. The largest absolute Gasteiger partial charge is 0.388 e. The van der Waals surface area contributed by atoms with E-state index in [9.17, 15) is 14.9 Å². The van der Waals surface area contributed by atoms with E-state index in [0.29, 0.717) is 0 Å². The summed E-state index contributed by atoms with van der Waals surface area (Å²) < 4.78 is 0. The fourth-order valence-electron chi connectivity index (χ4n) is 0.593. The smallest absolute Gasteiger partial charge is 0.326 e. The van der Waals surface area contributed by atoms with E-state index < -0.39 is 22.4 Å². The Morgan fingerprint density at radius 1 is 1.62 bits per heavy atom. The van der Waals surface area contributed by atoms with Crippen LogP contribution in [0.2, 0.25) is 0 Å². The summed E-state index contributed by atoms with van der Waals surface area (Å²) in [6, 6.07) is 0. The van der Waals surface area contributed by atoms with Gasteiger partial charge < -0.3 is 10.6 Å². The Morgan fingerprint density at radius 3 is 2.46 bits per heavy atom. The number of nitro groups is 1. The molecule has 0 saturated carbocycles. The summed E-state index contributed by atoms with van der Waals surface area (Å²) in [7, 11) is 1.46.